The largest absolute Gasteiger partial charge is 0.464 e. The Bertz CT molecular complexity index is 595. The van der Waals surface area contributed by atoms with Crippen LogP contribution in [0.5, 0.6) is 0 Å². The summed E-state index contributed by atoms with van der Waals surface area (Å²) in [5, 5.41) is 5.65. The quantitative estimate of drug-likeness (QED) is 0.699. The van der Waals surface area contributed by atoms with E-state index in [4.69, 9.17) is 4.42 Å². The van der Waals surface area contributed by atoms with Gasteiger partial charge in [0.15, 0.2) is 0 Å². The lowest BCUT2D eigenvalue weighted by molar-refractivity contribution is 0.344. The van der Waals surface area contributed by atoms with Gasteiger partial charge in [0, 0.05) is 12.3 Å². The summed E-state index contributed by atoms with van der Waals surface area (Å²) in [6, 6.07) is 3.99. The van der Waals surface area contributed by atoms with Gasteiger partial charge in [0.05, 0.1) is 12.3 Å². The van der Waals surface area contributed by atoms with Gasteiger partial charge in [-0.1, -0.05) is 0 Å². The van der Waals surface area contributed by atoms with Gasteiger partial charge < -0.3 is 20.0 Å². The summed E-state index contributed by atoms with van der Waals surface area (Å²) in [5.74, 6) is 3.77. The molecule has 0 aliphatic carbocycles. The molecule has 0 radical (unpaired) electrons. The number of sulfonamides is 1. The molecule has 0 spiro atoms. The van der Waals surface area contributed by atoms with Crippen LogP contribution in [0.25, 0.3) is 0 Å². The highest BCUT2D eigenvalue weighted by molar-refractivity contribution is 7.98. The molecule has 0 unspecified atom stereocenters. The number of rotatable bonds is 7. The normalized spacial score (nSPS) is 16.8. The molecule has 0 saturated carbocycles. The van der Waals surface area contributed by atoms with Gasteiger partial charge in [-0.2, -0.15) is 11.8 Å². The zero-order valence-corrected chi connectivity index (χ0v) is 13.8. The van der Waals surface area contributed by atoms with Gasteiger partial charge in [-0.3, -0.25) is 0 Å². The summed E-state index contributed by atoms with van der Waals surface area (Å²) in [4.78, 5) is 2.06. The van der Waals surface area contributed by atoms with Crippen LogP contribution in [-0.4, -0.2) is 51.5 Å². The Kier molecular flexibility index (Phi) is 5.54. The fraction of sp³-hybridized carbons (Fsp3) is 0.583. The monoisotopic (exact) mass is 332 g/mol. The van der Waals surface area contributed by atoms with Crippen molar-refractivity contribution in [1.29, 1.82) is 0 Å². The minimum atomic E-state index is -3.30. The van der Waals surface area contributed by atoms with E-state index in [9.17, 15) is 8.42 Å². The van der Waals surface area contributed by atoms with Gasteiger partial charge in [-0.25, -0.2) is 8.42 Å². The average Bonchev–Trinajstić information content (AvgIpc) is 2.95. The molecule has 0 bridgehead atoms. The van der Waals surface area contributed by atoms with E-state index in [1.807, 2.05) is 26.2 Å². The van der Waals surface area contributed by atoms with E-state index < -0.39 is 10.0 Å². The number of nitrogens with zero attached hydrogens (tertiary/aromatic N) is 2. The predicted octanol–water partition coefficient (Wildman–Crippen LogP) is 0.411. The van der Waals surface area contributed by atoms with Crippen LogP contribution >= 0.6 is 11.8 Å². The Morgan fingerprint density at radius 2 is 2.19 bits per heavy atom. The molecule has 1 aliphatic rings. The van der Waals surface area contributed by atoms with Crippen LogP contribution in [0.4, 0.5) is 0 Å². The summed E-state index contributed by atoms with van der Waals surface area (Å²) in [5.41, 5.74) is 0. The Morgan fingerprint density at radius 1 is 1.43 bits per heavy atom. The molecule has 1 aliphatic heterocycles. The van der Waals surface area contributed by atoms with Crippen molar-refractivity contribution in [3.63, 3.8) is 0 Å². The molecule has 0 aromatic carbocycles. The fourth-order valence-corrected chi connectivity index (χ4v) is 3.31. The molecule has 1 aromatic heterocycles. The predicted molar refractivity (Wildman–Crippen MR) is 84.6 cm³/mol. The van der Waals surface area contributed by atoms with Crippen LogP contribution in [0.3, 0.4) is 0 Å². The standard InChI is InChI=1S/C12H20N4O3S2/c1-16(2)7-10-3-4-11(19-10)8-20-6-5-13-12-14-9-21(17,18)15-12/h3-4H,5-9H2,1-2H3,(H2,13,14,15). The molecule has 0 saturated heterocycles. The van der Waals surface area contributed by atoms with Gasteiger partial charge in [0.25, 0.3) is 10.0 Å². The zero-order valence-electron chi connectivity index (χ0n) is 12.1. The first-order valence-electron chi connectivity index (χ1n) is 6.55. The van der Waals surface area contributed by atoms with Gasteiger partial charge in [-0.05, 0) is 26.2 Å². The van der Waals surface area contributed by atoms with E-state index in [1.165, 1.54) is 0 Å². The number of hydrogen-bond acceptors (Lipinski definition) is 7. The molecule has 0 atom stereocenters. The van der Waals surface area contributed by atoms with Crippen molar-refractivity contribution < 1.29 is 12.8 Å². The highest BCUT2D eigenvalue weighted by Gasteiger charge is 2.18. The highest BCUT2D eigenvalue weighted by Crippen LogP contribution is 2.15. The summed E-state index contributed by atoms with van der Waals surface area (Å²) in [6.07, 6.45) is 0. The molecule has 2 N–H and O–H groups in total. The number of guanidine groups is 1. The molecule has 21 heavy (non-hydrogen) atoms. The maximum Gasteiger partial charge on any atom is 0.274 e. The molecule has 9 heteroatoms. The van der Waals surface area contributed by atoms with Crippen LogP contribution in [-0.2, 0) is 22.3 Å². The summed E-state index contributed by atoms with van der Waals surface area (Å²) in [6.45, 7) is 1.45. The van der Waals surface area contributed by atoms with Gasteiger partial charge in [0.2, 0.25) is 5.96 Å². The van der Waals surface area contributed by atoms with Gasteiger partial charge >= 0.3 is 0 Å². The molecule has 7 nitrogen and oxygen atoms in total. The number of hydrogen-bond donors (Lipinski definition) is 2. The summed E-state index contributed by atoms with van der Waals surface area (Å²) in [7, 11) is 0.705. The molecule has 2 rings (SSSR count). The van der Waals surface area contributed by atoms with Crippen molar-refractivity contribution in [2.75, 3.05) is 32.3 Å². The Labute approximate surface area is 129 Å². The average molecular weight is 332 g/mol. The van der Waals surface area contributed by atoms with Crippen molar-refractivity contribution in [2.45, 2.75) is 12.3 Å². The maximum absolute atomic E-state index is 11.1. The van der Waals surface area contributed by atoms with Crippen molar-refractivity contribution in [2.24, 2.45) is 4.40 Å². The summed E-state index contributed by atoms with van der Waals surface area (Å²) >= 11 is 1.72. The molecule has 1 aromatic rings. The van der Waals surface area contributed by atoms with E-state index in [0.717, 1.165) is 29.6 Å². The van der Waals surface area contributed by atoms with Crippen LogP contribution in [0.2, 0.25) is 0 Å². The lowest BCUT2D eigenvalue weighted by atomic mass is 10.4. The molecular weight excluding hydrogens is 312 g/mol. The lowest BCUT2D eigenvalue weighted by Crippen LogP contribution is -2.35. The topological polar surface area (TPSA) is 86.9 Å². The first-order chi connectivity index (χ1) is 9.94. The van der Waals surface area contributed by atoms with Crippen LogP contribution < -0.4 is 10.6 Å². The highest BCUT2D eigenvalue weighted by atomic mass is 32.2. The molecule has 2 heterocycles. The Hall–Kier alpha value is -1.19. The van der Waals surface area contributed by atoms with Crippen LogP contribution in [0.1, 0.15) is 11.5 Å². The third-order valence-electron chi connectivity index (χ3n) is 2.62. The second-order valence-electron chi connectivity index (χ2n) is 4.93. The van der Waals surface area contributed by atoms with E-state index in [1.54, 1.807) is 11.8 Å². The maximum atomic E-state index is 11.1. The van der Waals surface area contributed by atoms with E-state index >= 15 is 0 Å². The molecule has 118 valence electrons. The number of thioether (sulfide) groups is 1. The third kappa shape index (κ3) is 5.60. The van der Waals surface area contributed by atoms with E-state index in [-0.39, 0.29) is 5.88 Å². The third-order valence-corrected chi connectivity index (χ3v) is 4.58. The minimum absolute atomic E-state index is 0.122. The Balaban J connectivity index is 1.63. The second-order valence-corrected chi connectivity index (χ2v) is 7.67. The van der Waals surface area contributed by atoms with Crippen molar-refractivity contribution in [3.05, 3.63) is 23.7 Å². The molecule has 0 amide bonds. The smallest absolute Gasteiger partial charge is 0.274 e. The zero-order chi connectivity index (χ0) is 15.3. The first-order valence-corrected chi connectivity index (χ1v) is 9.31. The number of nitrogens with one attached hydrogen (secondary N) is 2. The molecule has 0 fully saturated rings. The van der Waals surface area contributed by atoms with Crippen molar-refractivity contribution in [1.82, 2.24) is 15.5 Å². The first kappa shape index (κ1) is 16.2. The van der Waals surface area contributed by atoms with E-state index in [2.05, 4.69) is 19.9 Å². The SMILES string of the molecule is CN(C)Cc1ccc(CSCCNC2=NS(=O)(=O)CN2)o1. The number of furan rings is 1. The molecular formula is C12H20N4O3S2. The van der Waals surface area contributed by atoms with Crippen LogP contribution in [0, 0.1) is 0 Å². The van der Waals surface area contributed by atoms with E-state index in [0.29, 0.717) is 12.5 Å². The lowest BCUT2D eigenvalue weighted by Gasteiger charge is -2.06. The van der Waals surface area contributed by atoms with Gasteiger partial charge in [0.1, 0.15) is 17.4 Å². The van der Waals surface area contributed by atoms with Crippen molar-refractivity contribution in [3.8, 4) is 0 Å². The van der Waals surface area contributed by atoms with Gasteiger partial charge in [-0.15, -0.1) is 4.40 Å². The Morgan fingerprint density at radius 3 is 2.86 bits per heavy atom. The minimum Gasteiger partial charge on any atom is -0.464 e. The second kappa shape index (κ2) is 7.19. The van der Waals surface area contributed by atoms with Crippen molar-refractivity contribution >= 4 is 27.7 Å². The van der Waals surface area contributed by atoms with Crippen LogP contribution in [0.15, 0.2) is 20.9 Å². The fourth-order valence-electron chi connectivity index (χ4n) is 1.77. The summed E-state index contributed by atoms with van der Waals surface area (Å²) < 4.78 is 31.4.